The predicted octanol–water partition coefficient (Wildman–Crippen LogP) is 3.47. The zero-order valence-electron chi connectivity index (χ0n) is 12.0. The maximum Gasteiger partial charge on any atom is 0.141 e. The number of aryl methyl sites for hydroxylation is 1. The Morgan fingerprint density at radius 3 is 2.57 bits per heavy atom. The van der Waals surface area contributed by atoms with Gasteiger partial charge in [-0.2, -0.15) is 5.26 Å². The molecule has 4 heteroatoms. The van der Waals surface area contributed by atoms with Crippen molar-refractivity contribution in [3.05, 3.63) is 65.0 Å². The average Bonchev–Trinajstić information content (AvgIpc) is 2.47. The van der Waals surface area contributed by atoms with E-state index in [0.29, 0.717) is 16.9 Å². The smallest absolute Gasteiger partial charge is 0.141 e. The fourth-order valence-electron chi connectivity index (χ4n) is 2.09. The van der Waals surface area contributed by atoms with Crippen LogP contribution >= 0.6 is 0 Å². The molecule has 0 aliphatic rings. The molecule has 0 aliphatic carbocycles. The summed E-state index contributed by atoms with van der Waals surface area (Å²) < 4.78 is 19.9. The lowest BCUT2D eigenvalue weighted by Gasteiger charge is -2.24. The Labute approximate surface area is 123 Å². The summed E-state index contributed by atoms with van der Waals surface area (Å²) in [6.07, 6.45) is -0.612. The standard InChI is InChI=1S/C17H17FN2O/c1-11-7-8-13(10-19)9-16(11)21-17(12(2)20)14-5-3-4-6-15(14)18/h3-9,12,17H,20H2,1-2H3. The minimum atomic E-state index is -0.612. The topological polar surface area (TPSA) is 59.0 Å². The van der Waals surface area contributed by atoms with Gasteiger partial charge < -0.3 is 10.5 Å². The van der Waals surface area contributed by atoms with E-state index >= 15 is 0 Å². The second-order valence-corrected chi connectivity index (χ2v) is 5.01. The van der Waals surface area contributed by atoms with Crippen molar-refractivity contribution in [2.45, 2.75) is 26.0 Å². The number of nitrogens with two attached hydrogens (primary N) is 1. The van der Waals surface area contributed by atoms with Crippen LogP contribution in [0, 0.1) is 24.1 Å². The van der Waals surface area contributed by atoms with E-state index in [-0.39, 0.29) is 5.82 Å². The lowest BCUT2D eigenvalue weighted by Crippen LogP contribution is -2.30. The molecule has 0 saturated carbocycles. The molecule has 0 fully saturated rings. The Bertz CT molecular complexity index is 677. The van der Waals surface area contributed by atoms with Crippen molar-refractivity contribution < 1.29 is 9.13 Å². The molecule has 2 rings (SSSR count). The Balaban J connectivity index is 2.38. The summed E-state index contributed by atoms with van der Waals surface area (Å²) in [5.74, 6) is 0.188. The van der Waals surface area contributed by atoms with Gasteiger partial charge in [0.05, 0.1) is 11.6 Å². The molecule has 0 aliphatic heterocycles. The predicted molar refractivity (Wildman–Crippen MR) is 79.3 cm³/mol. The molecule has 108 valence electrons. The monoisotopic (exact) mass is 284 g/mol. The molecule has 0 spiro atoms. The summed E-state index contributed by atoms with van der Waals surface area (Å²) in [5, 5.41) is 8.97. The SMILES string of the molecule is Cc1ccc(C#N)cc1OC(c1ccccc1F)C(C)N. The third-order valence-corrected chi connectivity index (χ3v) is 3.26. The molecule has 0 radical (unpaired) electrons. The van der Waals surface area contributed by atoms with Crippen molar-refractivity contribution in [1.82, 2.24) is 0 Å². The lowest BCUT2D eigenvalue weighted by molar-refractivity contribution is 0.174. The molecule has 2 aromatic rings. The van der Waals surface area contributed by atoms with Gasteiger partial charge in [0.15, 0.2) is 0 Å². The summed E-state index contributed by atoms with van der Waals surface area (Å²) in [6.45, 7) is 3.64. The first-order valence-corrected chi connectivity index (χ1v) is 6.70. The molecule has 0 amide bonds. The molecular weight excluding hydrogens is 267 g/mol. The quantitative estimate of drug-likeness (QED) is 0.935. The third kappa shape index (κ3) is 3.39. The number of benzene rings is 2. The van der Waals surface area contributed by atoms with Crippen LogP contribution in [-0.2, 0) is 0 Å². The van der Waals surface area contributed by atoms with Gasteiger partial charge in [-0.25, -0.2) is 4.39 Å². The zero-order chi connectivity index (χ0) is 15.4. The summed E-state index contributed by atoms with van der Waals surface area (Å²) in [5.41, 5.74) is 7.73. The van der Waals surface area contributed by atoms with E-state index in [1.54, 1.807) is 43.3 Å². The summed E-state index contributed by atoms with van der Waals surface area (Å²) in [4.78, 5) is 0. The van der Waals surface area contributed by atoms with Crippen LogP contribution in [0.1, 0.15) is 29.7 Å². The van der Waals surface area contributed by atoms with Gasteiger partial charge in [0, 0.05) is 11.6 Å². The summed E-state index contributed by atoms with van der Waals surface area (Å²) >= 11 is 0. The molecule has 0 bridgehead atoms. The number of halogens is 1. The Kier molecular flexibility index (Phi) is 4.56. The molecule has 2 N–H and O–H groups in total. The van der Waals surface area contributed by atoms with E-state index in [1.807, 2.05) is 6.92 Å². The van der Waals surface area contributed by atoms with Gasteiger partial charge in [-0.15, -0.1) is 0 Å². The van der Waals surface area contributed by atoms with Crippen molar-refractivity contribution in [1.29, 1.82) is 5.26 Å². The molecule has 0 aromatic heterocycles. The van der Waals surface area contributed by atoms with E-state index < -0.39 is 12.1 Å². The number of nitriles is 1. The van der Waals surface area contributed by atoms with Crippen molar-refractivity contribution in [2.24, 2.45) is 5.73 Å². The van der Waals surface area contributed by atoms with Crippen LogP contribution in [0.5, 0.6) is 5.75 Å². The molecule has 3 nitrogen and oxygen atoms in total. The van der Waals surface area contributed by atoms with E-state index in [0.717, 1.165) is 5.56 Å². The lowest BCUT2D eigenvalue weighted by atomic mass is 10.0. The van der Waals surface area contributed by atoms with Crippen LogP contribution in [0.4, 0.5) is 4.39 Å². The molecule has 2 aromatic carbocycles. The van der Waals surface area contributed by atoms with Crippen LogP contribution in [-0.4, -0.2) is 6.04 Å². The molecule has 2 unspecified atom stereocenters. The van der Waals surface area contributed by atoms with E-state index in [9.17, 15) is 4.39 Å². The van der Waals surface area contributed by atoms with Crippen molar-refractivity contribution >= 4 is 0 Å². The largest absolute Gasteiger partial charge is 0.484 e. The first-order chi connectivity index (χ1) is 10.0. The fraction of sp³-hybridized carbons (Fsp3) is 0.235. The molecule has 0 heterocycles. The highest BCUT2D eigenvalue weighted by Crippen LogP contribution is 2.29. The van der Waals surface area contributed by atoms with Crippen LogP contribution < -0.4 is 10.5 Å². The van der Waals surface area contributed by atoms with Crippen molar-refractivity contribution in [3.63, 3.8) is 0 Å². The molecular formula is C17H17FN2O. The zero-order valence-corrected chi connectivity index (χ0v) is 12.0. The minimum Gasteiger partial charge on any atom is -0.484 e. The van der Waals surface area contributed by atoms with Crippen molar-refractivity contribution in [3.8, 4) is 11.8 Å². The van der Waals surface area contributed by atoms with Crippen molar-refractivity contribution in [2.75, 3.05) is 0 Å². The molecule has 2 atom stereocenters. The number of hydrogen-bond acceptors (Lipinski definition) is 3. The van der Waals surface area contributed by atoms with Crippen LogP contribution in [0.15, 0.2) is 42.5 Å². The maximum atomic E-state index is 14.0. The van der Waals surface area contributed by atoms with E-state index in [4.69, 9.17) is 15.7 Å². The van der Waals surface area contributed by atoms with Gasteiger partial charge in [0.1, 0.15) is 17.7 Å². The first-order valence-electron chi connectivity index (χ1n) is 6.70. The average molecular weight is 284 g/mol. The van der Waals surface area contributed by atoms with Crippen LogP contribution in [0.2, 0.25) is 0 Å². The third-order valence-electron chi connectivity index (χ3n) is 3.26. The van der Waals surface area contributed by atoms with Crippen LogP contribution in [0.25, 0.3) is 0 Å². The van der Waals surface area contributed by atoms with E-state index in [1.165, 1.54) is 6.07 Å². The van der Waals surface area contributed by atoms with Gasteiger partial charge in [0.25, 0.3) is 0 Å². The van der Waals surface area contributed by atoms with Gasteiger partial charge in [-0.05, 0) is 37.6 Å². The second kappa shape index (κ2) is 6.38. The van der Waals surface area contributed by atoms with Crippen LogP contribution in [0.3, 0.4) is 0 Å². The Morgan fingerprint density at radius 2 is 1.95 bits per heavy atom. The molecule has 21 heavy (non-hydrogen) atoms. The van der Waals surface area contributed by atoms with Gasteiger partial charge in [-0.1, -0.05) is 24.3 Å². The summed E-state index contributed by atoms with van der Waals surface area (Å²) in [6, 6.07) is 13.2. The highest BCUT2D eigenvalue weighted by atomic mass is 19.1. The maximum absolute atomic E-state index is 14.0. The van der Waals surface area contributed by atoms with Gasteiger partial charge >= 0.3 is 0 Å². The van der Waals surface area contributed by atoms with E-state index in [2.05, 4.69) is 6.07 Å². The Hall–Kier alpha value is -2.38. The minimum absolute atomic E-state index is 0.353. The Morgan fingerprint density at radius 1 is 1.24 bits per heavy atom. The highest BCUT2D eigenvalue weighted by Gasteiger charge is 2.22. The number of ether oxygens (including phenoxy) is 1. The normalized spacial score (nSPS) is 13.3. The summed E-state index contributed by atoms with van der Waals surface area (Å²) in [7, 11) is 0. The number of rotatable bonds is 4. The first kappa shape index (κ1) is 15.0. The number of nitrogens with zero attached hydrogens (tertiary/aromatic N) is 1. The molecule has 0 saturated heterocycles. The number of hydrogen-bond donors (Lipinski definition) is 1. The van der Waals surface area contributed by atoms with Gasteiger partial charge in [0.2, 0.25) is 0 Å². The highest BCUT2D eigenvalue weighted by molar-refractivity contribution is 5.42. The van der Waals surface area contributed by atoms with Gasteiger partial charge in [-0.3, -0.25) is 0 Å². The fourth-order valence-corrected chi connectivity index (χ4v) is 2.09. The second-order valence-electron chi connectivity index (χ2n) is 5.01.